The van der Waals surface area contributed by atoms with Gasteiger partial charge in [-0.25, -0.2) is 0 Å². The lowest BCUT2D eigenvalue weighted by atomic mass is 9.98. The van der Waals surface area contributed by atoms with E-state index in [1.54, 1.807) is 0 Å². The molecule has 1 unspecified atom stereocenters. The van der Waals surface area contributed by atoms with Gasteiger partial charge in [0.05, 0.1) is 18.8 Å². The largest absolute Gasteiger partial charge is 0.389 e. The van der Waals surface area contributed by atoms with Crippen LogP contribution in [-0.4, -0.2) is 36.0 Å². The van der Waals surface area contributed by atoms with E-state index in [9.17, 15) is 5.11 Å². The topological polar surface area (TPSA) is 41.5 Å². The summed E-state index contributed by atoms with van der Waals surface area (Å²) < 4.78 is 5.80. The van der Waals surface area contributed by atoms with E-state index in [0.29, 0.717) is 19.3 Å². The van der Waals surface area contributed by atoms with Crippen molar-refractivity contribution < 1.29 is 9.84 Å². The van der Waals surface area contributed by atoms with E-state index in [1.807, 2.05) is 0 Å². The number of hydrogen-bond acceptors (Lipinski definition) is 3. The van der Waals surface area contributed by atoms with E-state index in [-0.39, 0.29) is 11.6 Å². The third-order valence-corrected chi connectivity index (χ3v) is 4.55. The fourth-order valence-corrected chi connectivity index (χ4v) is 3.23. The van der Waals surface area contributed by atoms with Crippen molar-refractivity contribution in [2.75, 3.05) is 13.2 Å². The van der Waals surface area contributed by atoms with Gasteiger partial charge in [0.2, 0.25) is 0 Å². The molecule has 0 amide bonds. The zero-order valence-electron chi connectivity index (χ0n) is 11.8. The van der Waals surface area contributed by atoms with Crippen LogP contribution in [0.2, 0.25) is 0 Å². The molecule has 106 valence electrons. The molecular weight excluding hydrogens is 226 g/mol. The van der Waals surface area contributed by atoms with E-state index in [4.69, 9.17) is 4.74 Å². The predicted octanol–water partition coefficient (Wildman–Crippen LogP) is 2.62. The Morgan fingerprint density at radius 2 is 1.83 bits per heavy atom. The maximum atomic E-state index is 9.97. The molecule has 0 aromatic carbocycles. The quantitative estimate of drug-likeness (QED) is 0.766. The molecule has 0 radical (unpaired) electrons. The lowest BCUT2D eigenvalue weighted by Gasteiger charge is -2.28. The molecule has 0 heterocycles. The molecular formula is C15H29NO2. The summed E-state index contributed by atoms with van der Waals surface area (Å²) >= 11 is 0. The molecule has 0 bridgehead atoms. The first kappa shape index (κ1) is 14.3. The molecule has 18 heavy (non-hydrogen) atoms. The van der Waals surface area contributed by atoms with E-state index >= 15 is 0 Å². The predicted molar refractivity (Wildman–Crippen MR) is 73.7 cm³/mol. The number of ether oxygens (including phenoxy) is 1. The molecule has 0 aromatic rings. The average molecular weight is 255 g/mol. The first-order chi connectivity index (χ1) is 8.68. The maximum absolute atomic E-state index is 9.97. The Morgan fingerprint density at radius 1 is 1.17 bits per heavy atom. The van der Waals surface area contributed by atoms with Crippen LogP contribution in [0.4, 0.5) is 0 Å². The summed E-state index contributed by atoms with van der Waals surface area (Å²) in [5.41, 5.74) is 0.256. The van der Waals surface area contributed by atoms with Crippen LogP contribution in [0, 0.1) is 0 Å². The Hall–Kier alpha value is -0.120. The van der Waals surface area contributed by atoms with Crippen molar-refractivity contribution in [1.29, 1.82) is 0 Å². The second-order valence-electron chi connectivity index (χ2n) is 6.40. The van der Waals surface area contributed by atoms with Gasteiger partial charge in [-0.15, -0.1) is 0 Å². The minimum Gasteiger partial charge on any atom is -0.389 e. The van der Waals surface area contributed by atoms with Crippen molar-refractivity contribution in [3.8, 4) is 0 Å². The third-order valence-electron chi connectivity index (χ3n) is 4.55. The molecule has 1 atom stereocenters. The number of rotatable bonds is 6. The normalized spacial score (nSPS) is 26.3. The van der Waals surface area contributed by atoms with Gasteiger partial charge < -0.3 is 15.2 Å². The number of aliphatic hydroxyl groups is 1. The van der Waals surface area contributed by atoms with Gasteiger partial charge in [0.15, 0.2) is 0 Å². The molecule has 0 aliphatic heterocycles. The van der Waals surface area contributed by atoms with Gasteiger partial charge in [-0.3, -0.25) is 0 Å². The lowest BCUT2D eigenvalue weighted by molar-refractivity contribution is -0.0246. The highest BCUT2D eigenvalue weighted by atomic mass is 16.5. The van der Waals surface area contributed by atoms with Crippen LogP contribution < -0.4 is 5.32 Å². The maximum Gasteiger partial charge on any atom is 0.0898 e. The minimum atomic E-state index is -0.357. The van der Waals surface area contributed by atoms with Crippen LogP contribution in [0.25, 0.3) is 0 Å². The molecule has 2 saturated carbocycles. The fraction of sp³-hybridized carbons (Fsp3) is 1.00. The zero-order chi connectivity index (χ0) is 12.8. The highest BCUT2D eigenvalue weighted by molar-refractivity contribution is 4.88. The third kappa shape index (κ3) is 4.52. The van der Waals surface area contributed by atoms with Crippen LogP contribution in [-0.2, 0) is 4.74 Å². The van der Waals surface area contributed by atoms with Crippen molar-refractivity contribution in [2.45, 2.75) is 82.5 Å². The van der Waals surface area contributed by atoms with Gasteiger partial charge in [0.25, 0.3) is 0 Å². The van der Waals surface area contributed by atoms with Crippen molar-refractivity contribution >= 4 is 0 Å². The van der Waals surface area contributed by atoms with Crippen molar-refractivity contribution in [1.82, 2.24) is 5.32 Å². The summed E-state index contributed by atoms with van der Waals surface area (Å²) in [5.74, 6) is 0. The Kier molecular flexibility index (Phi) is 5.46. The van der Waals surface area contributed by atoms with E-state index in [0.717, 1.165) is 0 Å². The van der Waals surface area contributed by atoms with Crippen LogP contribution in [0.3, 0.4) is 0 Å². The number of aliphatic hydroxyl groups excluding tert-OH is 1. The number of hydrogen-bond donors (Lipinski definition) is 2. The minimum absolute atomic E-state index is 0.256. The van der Waals surface area contributed by atoms with Crippen LogP contribution in [0.15, 0.2) is 0 Å². The number of β-amino-alcohol motifs (C(OH)–C–C–N with tert-alkyl or cyclic N) is 1. The zero-order valence-corrected chi connectivity index (χ0v) is 11.8. The van der Waals surface area contributed by atoms with Gasteiger partial charge in [-0.05, 0) is 32.6 Å². The molecule has 2 aliphatic carbocycles. The summed E-state index contributed by atoms with van der Waals surface area (Å²) in [4.78, 5) is 0. The standard InChI is InChI=1S/C15H29NO2/c1-15(9-5-6-10-15)16-11-13(17)12-18-14-7-3-2-4-8-14/h13-14,16-17H,2-12H2,1H3. The van der Waals surface area contributed by atoms with E-state index in [2.05, 4.69) is 12.2 Å². The van der Waals surface area contributed by atoms with Gasteiger partial charge >= 0.3 is 0 Å². The Balaban J connectivity index is 1.58. The molecule has 3 heteroatoms. The number of nitrogens with one attached hydrogen (secondary N) is 1. The van der Waals surface area contributed by atoms with Crippen molar-refractivity contribution in [2.24, 2.45) is 0 Å². The fourth-order valence-electron chi connectivity index (χ4n) is 3.23. The lowest BCUT2D eigenvalue weighted by Crippen LogP contribution is -2.44. The molecule has 2 fully saturated rings. The summed E-state index contributed by atoms with van der Waals surface area (Å²) in [5, 5.41) is 13.5. The molecule has 0 saturated heterocycles. The van der Waals surface area contributed by atoms with Gasteiger partial charge in [0.1, 0.15) is 0 Å². The summed E-state index contributed by atoms with van der Waals surface area (Å²) in [6, 6.07) is 0. The molecule has 0 spiro atoms. The van der Waals surface area contributed by atoms with E-state index in [1.165, 1.54) is 57.8 Å². The Morgan fingerprint density at radius 3 is 2.50 bits per heavy atom. The Bertz CT molecular complexity index is 233. The Labute approximate surface area is 111 Å². The second kappa shape index (κ2) is 6.88. The second-order valence-corrected chi connectivity index (χ2v) is 6.40. The van der Waals surface area contributed by atoms with Crippen LogP contribution in [0.5, 0.6) is 0 Å². The van der Waals surface area contributed by atoms with Gasteiger partial charge in [0, 0.05) is 12.1 Å². The summed E-state index contributed by atoms with van der Waals surface area (Å²) in [6.45, 7) is 3.44. The first-order valence-electron chi connectivity index (χ1n) is 7.73. The SMILES string of the molecule is CC1(NCC(O)COC2CCCCC2)CCCC1. The van der Waals surface area contributed by atoms with Crippen molar-refractivity contribution in [3.05, 3.63) is 0 Å². The smallest absolute Gasteiger partial charge is 0.0898 e. The van der Waals surface area contributed by atoms with Gasteiger partial charge in [-0.1, -0.05) is 32.1 Å². The molecule has 2 aliphatic rings. The van der Waals surface area contributed by atoms with E-state index < -0.39 is 0 Å². The first-order valence-corrected chi connectivity index (χ1v) is 7.73. The summed E-state index contributed by atoms with van der Waals surface area (Å²) in [7, 11) is 0. The van der Waals surface area contributed by atoms with Gasteiger partial charge in [-0.2, -0.15) is 0 Å². The molecule has 2 N–H and O–H groups in total. The van der Waals surface area contributed by atoms with Crippen molar-refractivity contribution in [3.63, 3.8) is 0 Å². The summed E-state index contributed by atoms with van der Waals surface area (Å²) in [6.07, 6.45) is 11.4. The monoisotopic (exact) mass is 255 g/mol. The molecule has 2 rings (SSSR count). The van der Waals surface area contributed by atoms with Crippen LogP contribution >= 0.6 is 0 Å². The van der Waals surface area contributed by atoms with Crippen LogP contribution in [0.1, 0.15) is 64.7 Å². The molecule has 0 aromatic heterocycles. The highest BCUT2D eigenvalue weighted by Gasteiger charge is 2.28. The average Bonchev–Trinajstić information content (AvgIpc) is 2.83. The molecule has 3 nitrogen and oxygen atoms in total. The highest BCUT2D eigenvalue weighted by Crippen LogP contribution is 2.28.